The zero-order valence-corrected chi connectivity index (χ0v) is 12.0. The van der Waals surface area contributed by atoms with Gasteiger partial charge in [0, 0.05) is 6.07 Å². The fourth-order valence-corrected chi connectivity index (χ4v) is 2.62. The smallest absolute Gasteiger partial charge is 0.280 e. The van der Waals surface area contributed by atoms with Crippen LogP contribution in [0.1, 0.15) is 12.5 Å². The number of nitro groups is 1. The van der Waals surface area contributed by atoms with Crippen LogP contribution in [0.5, 0.6) is 0 Å². The fourth-order valence-electron chi connectivity index (χ4n) is 1.91. The molecule has 0 atom stereocenters. The number of hydrogen-bond donors (Lipinski definition) is 0. The molecule has 0 radical (unpaired) electrons. The maximum atomic E-state index is 12.2. The molecule has 1 aromatic carbocycles. The van der Waals surface area contributed by atoms with Crippen LogP contribution in [0.25, 0.3) is 6.08 Å². The third-order valence-electron chi connectivity index (χ3n) is 2.96. The van der Waals surface area contributed by atoms with Gasteiger partial charge in [-0.05, 0) is 30.8 Å². The number of para-hydroxylation sites is 1. The summed E-state index contributed by atoms with van der Waals surface area (Å²) in [5.74, 6) is -0.521. The highest BCUT2D eigenvalue weighted by molar-refractivity contribution is 8.27. The Morgan fingerprint density at radius 1 is 1.32 bits per heavy atom. The quantitative estimate of drug-likeness (QED) is 0.470. The summed E-state index contributed by atoms with van der Waals surface area (Å²) >= 11 is 0.804. The average Bonchev–Trinajstić information content (AvgIpc) is 2.76. The average molecular weight is 316 g/mol. The Morgan fingerprint density at radius 3 is 2.77 bits per heavy atom. The molecule has 2 aliphatic rings. The van der Waals surface area contributed by atoms with Gasteiger partial charge in [0.05, 0.1) is 10.5 Å². The van der Waals surface area contributed by atoms with Crippen LogP contribution in [0, 0.1) is 10.1 Å². The highest BCUT2D eigenvalue weighted by Gasteiger charge is 2.36. The fraction of sp³-hybridized carbons (Fsp3) is 0.0769. The Bertz CT molecular complexity index is 812. The molecule has 8 nitrogen and oxygen atoms in total. The van der Waals surface area contributed by atoms with E-state index in [1.165, 1.54) is 31.2 Å². The van der Waals surface area contributed by atoms with Crippen LogP contribution in [0.2, 0.25) is 0 Å². The summed E-state index contributed by atoms with van der Waals surface area (Å²) in [4.78, 5) is 38.3. The first-order valence-electron chi connectivity index (χ1n) is 6.13. The van der Waals surface area contributed by atoms with E-state index < -0.39 is 10.8 Å². The van der Waals surface area contributed by atoms with Gasteiger partial charge in [-0.15, -0.1) is 0 Å². The molecule has 22 heavy (non-hydrogen) atoms. The maximum Gasteiger partial charge on any atom is 0.299 e. The van der Waals surface area contributed by atoms with Gasteiger partial charge in [0.2, 0.25) is 10.3 Å². The molecule has 2 aliphatic heterocycles. The lowest BCUT2D eigenvalue weighted by Gasteiger charge is -2.15. The highest BCUT2D eigenvalue weighted by Crippen LogP contribution is 2.29. The largest absolute Gasteiger partial charge is 0.299 e. The van der Waals surface area contributed by atoms with Crippen molar-refractivity contribution < 1.29 is 14.5 Å². The lowest BCUT2D eigenvalue weighted by molar-refractivity contribution is -0.385. The molecule has 0 saturated heterocycles. The Kier molecular flexibility index (Phi) is 3.33. The van der Waals surface area contributed by atoms with Crippen LogP contribution in [-0.4, -0.2) is 31.8 Å². The summed E-state index contributed by atoms with van der Waals surface area (Å²) in [5, 5.41) is 15.8. The lowest BCUT2D eigenvalue weighted by atomic mass is 10.1. The molecule has 2 heterocycles. The van der Waals surface area contributed by atoms with Gasteiger partial charge in [0.1, 0.15) is 11.4 Å². The lowest BCUT2D eigenvalue weighted by Crippen LogP contribution is -2.32. The molecular weight excluding hydrogens is 308 g/mol. The molecular formula is C13H8N4O4S. The van der Waals surface area contributed by atoms with Crippen molar-refractivity contribution >= 4 is 45.4 Å². The number of nitro benzene ring substituents is 1. The predicted molar refractivity (Wildman–Crippen MR) is 81.1 cm³/mol. The Balaban J connectivity index is 2.03. The summed E-state index contributed by atoms with van der Waals surface area (Å²) in [6, 6.07) is 6.02. The zero-order valence-electron chi connectivity index (χ0n) is 11.2. The first-order chi connectivity index (χ1) is 10.5. The summed E-state index contributed by atoms with van der Waals surface area (Å²) in [6.45, 7) is 1.50. The van der Waals surface area contributed by atoms with E-state index in [9.17, 15) is 19.7 Å². The van der Waals surface area contributed by atoms with Gasteiger partial charge >= 0.3 is 0 Å². The Hall–Kier alpha value is -2.81. The van der Waals surface area contributed by atoms with Crippen molar-refractivity contribution in [3.05, 3.63) is 45.6 Å². The summed E-state index contributed by atoms with van der Waals surface area (Å²) in [6.07, 6.45) is 1.32. The van der Waals surface area contributed by atoms with E-state index in [0.29, 0.717) is 0 Å². The van der Waals surface area contributed by atoms with Crippen LogP contribution < -0.4 is 0 Å². The minimum Gasteiger partial charge on any atom is -0.280 e. The highest BCUT2D eigenvalue weighted by atomic mass is 32.2. The van der Waals surface area contributed by atoms with Crippen molar-refractivity contribution in [2.45, 2.75) is 6.92 Å². The molecule has 0 aliphatic carbocycles. The normalized spacial score (nSPS) is 19.1. The molecule has 3 rings (SSSR count). The molecule has 1 aromatic rings. The molecule has 0 fully saturated rings. The van der Waals surface area contributed by atoms with Crippen molar-refractivity contribution in [3.63, 3.8) is 0 Å². The van der Waals surface area contributed by atoms with E-state index in [-0.39, 0.29) is 32.9 Å². The van der Waals surface area contributed by atoms with Crippen molar-refractivity contribution in [2.75, 3.05) is 0 Å². The minimum absolute atomic E-state index is 0.00282. The molecule has 0 unspecified atom stereocenters. The molecule has 110 valence electrons. The molecule has 9 heteroatoms. The number of carbonyl (C=O) groups excluding carboxylic acids is 2. The molecule has 1 amide bonds. The molecule has 0 saturated carbocycles. The van der Waals surface area contributed by atoms with Gasteiger partial charge in [-0.2, -0.15) is 10.1 Å². The van der Waals surface area contributed by atoms with Gasteiger partial charge in [0.25, 0.3) is 11.6 Å². The summed E-state index contributed by atoms with van der Waals surface area (Å²) in [5.41, 5.74) is 0.334. The first-order valence-corrected chi connectivity index (χ1v) is 6.94. The van der Waals surface area contributed by atoms with Gasteiger partial charge in [0.15, 0.2) is 0 Å². The minimum atomic E-state index is -0.535. The van der Waals surface area contributed by atoms with Crippen molar-refractivity contribution in [2.24, 2.45) is 10.1 Å². The number of rotatable bonds is 2. The predicted octanol–water partition coefficient (Wildman–Crippen LogP) is 1.78. The summed E-state index contributed by atoms with van der Waals surface area (Å²) < 4.78 is 0. The molecule has 0 aromatic heterocycles. The number of benzene rings is 1. The van der Waals surface area contributed by atoms with E-state index in [1.807, 2.05) is 0 Å². The van der Waals surface area contributed by atoms with Crippen LogP contribution in [0.15, 0.2) is 40.1 Å². The van der Waals surface area contributed by atoms with Crippen molar-refractivity contribution in [1.82, 2.24) is 5.01 Å². The topological polar surface area (TPSA) is 105 Å². The van der Waals surface area contributed by atoms with Crippen LogP contribution in [-0.2, 0) is 9.59 Å². The second kappa shape index (κ2) is 5.19. The van der Waals surface area contributed by atoms with E-state index in [1.54, 1.807) is 6.07 Å². The SMILES string of the molecule is CC1=NN2C(=O)/C(=C\c3ccccc3[N+](=O)[O-])N=C2SC1=O. The number of nitrogens with zero attached hydrogens (tertiary/aromatic N) is 4. The number of amides is 1. The van der Waals surface area contributed by atoms with Gasteiger partial charge in [-0.1, -0.05) is 12.1 Å². The number of aliphatic imine (C=N–C) groups is 1. The van der Waals surface area contributed by atoms with Crippen molar-refractivity contribution in [3.8, 4) is 0 Å². The monoisotopic (exact) mass is 316 g/mol. The third-order valence-corrected chi connectivity index (χ3v) is 3.89. The van der Waals surface area contributed by atoms with Crippen LogP contribution in [0.4, 0.5) is 5.69 Å². The zero-order chi connectivity index (χ0) is 15.9. The summed E-state index contributed by atoms with van der Waals surface area (Å²) in [7, 11) is 0. The maximum absolute atomic E-state index is 12.2. The van der Waals surface area contributed by atoms with E-state index >= 15 is 0 Å². The van der Waals surface area contributed by atoms with Crippen LogP contribution >= 0.6 is 11.8 Å². The number of hydrogen-bond acceptors (Lipinski definition) is 7. The van der Waals surface area contributed by atoms with Gasteiger partial charge < -0.3 is 0 Å². The number of carbonyl (C=O) groups is 2. The van der Waals surface area contributed by atoms with Gasteiger partial charge in [-0.25, -0.2) is 4.99 Å². The molecule has 0 bridgehead atoms. The van der Waals surface area contributed by atoms with E-state index in [2.05, 4.69) is 10.1 Å². The number of amidine groups is 1. The third kappa shape index (κ3) is 2.31. The second-order valence-electron chi connectivity index (χ2n) is 4.43. The number of thioether (sulfide) groups is 1. The molecule has 0 N–H and O–H groups in total. The first kappa shape index (κ1) is 14.1. The van der Waals surface area contributed by atoms with Crippen molar-refractivity contribution in [1.29, 1.82) is 0 Å². The van der Waals surface area contributed by atoms with Gasteiger partial charge in [-0.3, -0.25) is 19.7 Å². The molecule has 0 spiro atoms. The number of hydrazone groups is 1. The van der Waals surface area contributed by atoms with Crippen LogP contribution in [0.3, 0.4) is 0 Å². The Labute approximate surface area is 128 Å². The standard InChI is InChI=1S/C13H8N4O4S/c1-7-12(19)22-13-14-9(11(18)16(13)15-7)6-8-4-2-3-5-10(8)17(20)21/h2-6H,1H3/b9-6+. The van der Waals surface area contributed by atoms with E-state index in [0.717, 1.165) is 16.8 Å². The number of fused-ring (bicyclic) bond motifs is 1. The van der Waals surface area contributed by atoms with E-state index in [4.69, 9.17) is 0 Å². The second-order valence-corrected chi connectivity index (χ2v) is 5.37. The Morgan fingerprint density at radius 2 is 2.05 bits per heavy atom.